The van der Waals surface area contributed by atoms with Crippen molar-refractivity contribution in [2.45, 2.75) is 65.1 Å². The number of hydrogen-bond donors (Lipinski definition) is 2. The molecule has 0 bridgehead atoms. The Morgan fingerprint density at radius 3 is 2.37 bits per heavy atom. The smallest absolute Gasteiger partial charge is 0.335 e. The predicted molar refractivity (Wildman–Crippen MR) is 163 cm³/mol. The van der Waals surface area contributed by atoms with E-state index in [0.717, 1.165) is 36.8 Å². The van der Waals surface area contributed by atoms with E-state index >= 15 is 0 Å². The molecular formula is C33H42N4O6. The highest BCUT2D eigenvalue weighted by atomic mass is 16.5. The average molecular weight is 591 g/mol. The normalized spacial score (nSPS) is 14.4. The second-order valence-corrected chi connectivity index (χ2v) is 10.9. The molecule has 1 atom stereocenters. The zero-order valence-corrected chi connectivity index (χ0v) is 25.3. The molecule has 230 valence electrons. The molecule has 10 nitrogen and oxygen atoms in total. The van der Waals surface area contributed by atoms with Crippen LogP contribution in [0.2, 0.25) is 0 Å². The molecule has 1 aliphatic heterocycles. The number of unbranched alkanes of at least 4 members (excludes halogenated alkanes) is 2. The Kier molecular flexibility index (Phi) is 11.1. The number of carboxylic acid groups (broad SMARTS) is 1. The van der Waals surface area contributed by atoms with Crippen LogP contribution in [-0.2, 0) is 24.2 Å². The molecular weight excluding hydrogens is 548 g/mol. The van der Waals surface area contributed by atoms with Gasteiger partial charge in [0.15, 0.2) is 0 Å². The standard InChI is InChI=1S/C33H42N4O6/c1-4-6-14-35(15-7-5-2)32(40)29-21-36(16-17-43-3)30(34-29)27-13-12-24(33(41)42)19-28(27)31(39)37-20-25-11-9-8-10-23(25)18-26(37)22-38/h8-13,19,21,26,38H,4-7,14-18,20,22H2,1-3H3,(H,41,42). The Morgan fingerprint density at radius 1 is 1.05 bits per heavy atom. The van der Waals surface area contributed by atoms with Crippen molar-refractivity contribution in [3.8, 4) is 11.4 Å². The monoisotopic (exact) mass is 590 g/mol. The molecule has 4 rings (SSSR count). The minimum atomic E-state index is -1.16. The lowest BCUT2D eigenvalue weighted by Crippen LogP contribution is -2.46. The Balaban J connectivity index is 1.80. The molecule has 0 spiro atoms. The number of hydrogen-bond acceptors (Lipinski definition) is 6. The van der Waals surface area contributed by atoms with Crippen LogP contribution in [0.1, 0.15) is 81.9 Å². The first-order valence-corrected chi connectivity index (χ1v) is 15.0. The maximum absolute atomic E-state index is 14.2. The number of aromatic nitrogens is 2. The van der Waals surface area contributed by atoms with Gasteiger partial charge in [0.1, 0.15) is 11.5 Å². The third-order valence-electron chi connectivity index (χ3n) is 7.95. The lowest BCUT2D eigenvalue weighted by atomic mass is 9.92. The first-order valence-electron chi connectivity index (χ1n) is 15.0. The fourth-order valence-corrected chi connectivity index (χ4v) is 5.46. The number of aromatic carboxylic acids is 1. The topological polar surface area (TPSA) is 125 Å². The highest BCUT2D eigenvalue weighted by Crippen LogP contribution is 2.30. The predicted octanol–water partition coefficient (Wildman–Crippen LogP) is 4.50. The zero-order chi connectivity index (χ0) is 30.9. The number of imidazole rings is 1. The Morgan fingerprint density at radius 2 is 1.74 bits per heavy atom. The number of amides is 2. The zero-order valence-electron chi connectivity index (χ0n) is 25.3. The molecule has 2 aromatic carbocycles. The minimum Gasteiger partial charge on any atom is -0.478 e. The van der Waals surface area contributed by atoms with Gasteiger partial charge in [0, 0.05) is 45.0 Å². The van der Waals surface area contributed by atoms with Gasteiger partial charge in [0.25, 0.3) is 11.8 Å². The summed E-state index contributed by atoms with van der Waals surface area (Å²) >= 11 is 0. The fourth-order valence-electron chi connectivity index (χ4n) is 5.46. The van der Waals surface area contributed by atoms with Crippen molar-refractivity contribution in [3.05, 3.63) is 76.6 Å². The van der Waals surface area contributed by atoms with Crippen molar-refractivity contribution in [1.82, 2.24) is 19.4 Å². The van der Waals surface area contributed by atoms with E-state index in [1.165, 1.54) is 12.1 Å². The SMILES string of the molecule is CCCCN(CCCC)C(=O)c1cn(CCOC)c(-c2ccc(C(=O)O)cc2C(=O)N2Cc3ccccc3CC2CO)n1. The van der Waals surface area contributed by atoms with Gasteiger partial charge in [-0.15, -0.1) is 0 Å². The van der Waals surface area contributed by atoms with Crippen LogP contribution in [0.4, 0.5) is 0 Å². The third-order valence-corrected chi connectivity index (χ3v) is 7.95. The summed E-state index contributed by atoms with van der Waals surface area (Å²) in [4.78, 5) is 48.1. The van der Waals surface area contributed by atoms with Gasteiger partial charge in [0.2, 0.25) is 0 Å². The van der Waals surface area contributed by atoms with E-state index in [0.29, 0.717) is 44.0 Å². The molecule has 2 heterocycles. The largest absolute Gasteiger partial charge is 0.478 e. The van der Waals surface area contributed by atoms with Crippen LogP contribution in [0, 0.1) is 0 Å². The molecule has 1 unspecified atom stereocenters. The second kappa shape index (κ2) is 14.9. The fraction of sp³-hybridized carbons (Fsp3) is 0.455. The Hall–Kier alpha value is -4.02. The number of nitrogens with zero attached hydrogens (tertiary/aromatic N) is 4. The first kappa shape index (κ1) is 31.9. The summed E-state index contributed by atoms with van der Waals surface area (Å²) < 4.78 is 7.11. The van der Waals surface area contributed by atoms with Crippen molar-refractivity contribution in [2.75, 3.05) is 33.4 Å². The van der Waals surface area contributed by atoms with Crippen LogP contribution in [-0.4, -0.2) is 86.8 Å². The van der Waals surface area contributed by atoms with Crippen molar-refractivity contribution in [2.24, 2.45) is 0 Å². The number of fused-ring (bicyclic) bond motifs is 1. The summed E-state index contributed by atoms with van der Waals surface area (Å²) in [6.45, 7) is 6.20. The van der Waals surface area contributed by atoms with Crippen LogP contribution >= 0.6 is 0 Å². The van der Waals surface area contributed by atoms with Crippen LogP contribution < -0.4 is 0 Å². The number of benzene rings is 2. The summed E-state index contributed by atoms with van der Waals surface area (Å²) in [7, 11) is 1.58. The van der Waals surface area contributed by atoms with E-state index in [1.807, 2.05) is 29.2 Å². The van der Waals surface area contributed by atoms with Crippen molar-refractivity contribution in [1.29, 1.82) is 0 Å². The maximum atomic E-state index is 14.2. The molecule has 1 aliphatic rings. The number of ether oxygens (including phenoxy) is 1. The van der Waals surface area contributed by atoms with Gasteiger partial charge in [-0.1, -0.05) is 51.0 Å². The molecule has 0 saturated heterocycles. The first-order chi connectivity index (χ1) is 20.8. The highest BCUT2D eigenvalue weighted by Gasteiger charge is 2.32. The summed E-state index contributed by atoms with van der Waals surface area (Å²) in [5, 5.41) is 20.0. The van der Waals surface area contributed by atoms with Gasteiger partial charge in [-0.2, -0.15) is 0 Å². The molecule has 2 amide bonds. The highest BCUT2D eigenvalue weighted by molar-refractivity contribution is 6.03. The van der Waals surface area contributed by atoms with E-state index in [9.17, 15) is 24.6 Å². The van der Waals surface area contributed by atoms with Crippen LogP contribution in [0.3, 0.4) is 0 Å². The molecule has 3 aromatic rings. The Labute approximate surface area is 252 Å². The molecule has 2 N–H and O–H groups in total. The summed E-state index contributed by atoms with van der Waals surface area (Å²) in [5.74, 6) is -1.37. The van der Waals surface area contributed by atoms with Gasteiger partial charge < -0.3 is 29.3 Å². The van der Waals surface area contributed by atoms with Gasteiger partial charge in [-0.05, 0) is 48.6 Å². The van der Waals surface area contributed by atoms with E-state index in [1.54, 1.807) is 28.8 Å². The number of carbonyl (C=O) groups excluding carboxylic acids is 2. The molecule has 0 aliphatic carbocycles. The van der Waals surface area contributed by atoms with Crippen LogP contribution in [0.5, 0.6) is 0 Å². The summed E-state index contributed by atoms with van der Waals surface area (Å²) in [6.07, 6.45) is 5.86. The van der Waals surface area contributed by atoms with E-state index in [4.69, 9.17) is 9.72 Å². The van der Waals surface area contributed by atoms with Crippen LogP contribution in [0.25, 0.3) is 11.4 Å². The van der Waals surface area contributed by atoms with E-state index in [2.05, 4.69) is 13.8 Å². The number of carbonyl (C=O) groups is 3. The van der Waals surface area contributed by atoms with Gasteiger partial charge >= 0.3 is 5.97 Å². The van der Waals surface area contributed by atoms with E-state index < -0.39 is 17.9 Å². The van der Waals surface area contributed by atoms with Gasteiger partial charge in [-0.3, -0.25) is 9.59 Å². The van der Waals surface area contributed by atoms with Crippen LogP contribution in [0.15, 0.2) is 48.7 Å². The van der Waals surface area contributed by atoms with Crippen molar-refractivity contribution < 1.29 is 29.3 Å². The maximum Gasteiger partial charge on any atom is 0.335 e. The number of aliphatic hydroxyl groups excluding tert-OH is 1. The Bertz CT molecular complexity index is 1430. The number of methoxy groups -OCH3 is 1. The minimum absolute atomic E-state index is 0.0401. The quantitative estimate of drug-likeness (QED) is 0.283. The molecule has 10 heteroatoms. The number of carboxylic acids is 1. The molecule has 43 heavy (non-hydrogen) atoms. The molecule has 0 fully saturated rings. The number of aliphatic hydroxyl groups is 1. The van der Waals surface area contributed by atoms with E-state index in [-0.39, 0.29) is 35.9 Å². The lowest BCUT2D eigenvalue weighted by Gasteiger charge is -2.36. The molecule has 1 aromatic heterocycles. The van der Waals surface area contributed by atoms with Crippen molar-refractivity contribution in [3.63, 3.8) is 0 Å². The second-order valence-electron chi connectivity index (χ2n) is 10.9. The summed E-state index contributed by atoms with van der Waals surface area (Å²) in [5.41, 5.74) is 2.83. The van der Waals surface area contributed by atoms with Gasteiger partial charge in [-0.25, -0.2) is 9.78 Å². The molecule has 0 saturated carbocycles. The lowest BCUT2D eigenvalue weighted by molar-refractivity contribution is 0.0544. The van der Waals surface area contributed by atoms with Gasteiger partial charge in [0.05, 0.1) is 30.4 Å². The number of rotatable bonds is 14. The summed E-state index contributed by atoms with van der Waals surface area (Å²) in [6, 6.07) is 11.7. The molecule has 0 radical (unpaired) electrons. The van der Waals surface area contributed by atoms with Crippen molar-refractivity contribution >= 4 is 17.8 Å². The third kappa shape index (κ3) is 7.32. The average Bonchev–Trinajstić information content (AvgIpc) is 3.46.